The molecule has 1 aliphatic heterocycles. The van der Waals surface area contributed by atoms with E-state index < -0.39 is 0 Å². The summed E-state index contributed by atoms with van der Waals surface area (Å²) in [7, 11) is 0. The molecule has 0 radical (unpaired) electrons. The van der Waals surface area contributed by atoms with Gasteiger partial charge < -0.3 is 15.8 Å². The third-order valence-corrected chi connectivity index (χ3v) is 2.37. The Kier molecular flexibility index (Phi) is 2.60. The quantitative estimate of drug-likeness (QED) is 0.755. The maximum atomic E-state index is 11.1. The normalized spacial score (nSPS) is 18.1. The van der Waals surface area contributed by atoms with Gasteiger partial charge in [-0.15, -0.1) is 0 Å². The molecular weight excluding hydrogens is 192 g/mol. The van der Waals surface area contributed by atoms with Crippen molar-refractivity contribution in [1.29, 1.82) is 0 Å². The smallest absolute Gasteiger partial charge is 0.238 e. The second-order valence-electron chi connectivity index (χ2n) is 3.71. The van der Waals surface area contributed by atoms with Crippen molar-refractivity contribution in [2.75, 3.05) is 11.9 Å². The number of nitrogens with two attached hydrogens (primary N) is 1. The molecule has 0 saturated heterocycles. The molecule has 4 heteroatoms. The molecular formula is C11H14N2O2. The highest BCUT2D eigenvalue weighted by Gasteiger charge is 2.18. The van der Waals surface area contributed by atoms with E-state index in [2.05, 4.69) is 5.32 Å². The number of hydrogen-bond acceptors (Lipinski definition) is 3. The van der Waals surface area contributed by atoms with Gasteiger partial charge in [0.2, 0.25) is 5.91 Å². The second-order valence-corrected chi connectivity index (χ2v) is 3.71. The molecule has 2 rings (SSSR count). The monoisotopic (exact) mass is 206 g/mol. The van der Waals surface area contributed by atoms with Crippen LogP contribution in [0.15, 0.2) is 18.2 Å². The fraction of sp³-hybridized carbons (Fsp3) is 0.364. The molecule has 0 aliphatic carbocycles. The molecule has 0 saturated carbocycles. The number of benzene rings is 1. The summed E-state index contributed by atoms with van der Waals surface area (Å²) in [5.41, 5.74) is 7.13. The summed E-state index contributed by atoms with van der Waals surface area (Å²) >= 11 is 0. The number of carbonyl (C=O) groups excluding carboxylic acids is 1. The molecule has 15 heavy (non-hydrogen) atoms. The van der Waals surface area contributed by atoms with Gasteiger partial charge in [0.15, 0.2) is 0 Å². The summed E-state index contributed by atoms with van der Waals surface area (Å²) in [6.07, 6.45) is 1.11. The van der Waals surface area contributed by atoms with Crippen LogP contribution in [-0.2, 0) is 11.2 Å². The van der Waals surface area contributed by atoms with E-state index in [0.717, 1.165) is 23.4 Å². The van der Waals surface area contributed by atoms with Crippen LogP contribution in [0, 0.1) is 0 Å². The molecule has 1 atom stereocenters. The summed E-state index contributed by atoms with van der Waals surface area (Å²) < 4.78 is 5.56. The summed E-state index contributed by atoms with van der Waals surface area (Å²) in [6.45, 7) is 2.03. The molecule has 1 unspecified atom stereocenters. The van der Waals surface area contributed by atoms with Gasteiger partial charge in [0.1, 0.15) is 11.9 Å². The van der Waals surface area contributed by atoms with Crippen molar-refractivity contribution in [3.8, 4) is 5.75 Å². The van der Waals surface area contributed by atoms with E-state index in [1.807, 2.05) is 25.1 Å². The zero-order valence-electron chi connectivity index (χ0n) is 8.62. The maximum absolute atomic E-state index is 11.1. The predicted octanol–water partition coefficient (Wildman–Crippen LogP) is 0.907. The van der Waals surface area contributed by atoms with Crippen molar-refractivity contribution in [3.05, 3.63) is 23.8 Å². The fourth-order valence-electron chi connectivity index (χ4n) is 1.71. The van der Waals surface area contributed by atoms with Crippen molar-refractivity contribution in [1.82, 2.24) is 0 Å². The van der Waals surface area contributed by atoms with Crippen LogP contribution in [-0.4, -0.2) is 18.6 Å². The van der Waals surface area contributed by atoms with Crippen LogP contribution >= 0.6 is 0 Å². The standard InChI is InChI=1S/C11H14N2O2/c1-7-4-8-5-9(13-11(14)6-12)2-3-10(8)15-7/h2-3,5,7H,4,6,12H2,1H3,(H,13,14). The Hall–Kier alpha value is -1.55. The SMILES string of the molecule is CC1Cc2cc(NC(=O)CN)ccc2O1. The van der Waals surface area contributed by atoms with Gasteiger partial charge in [-0.3, -0.25) is 4.79 Å². The summed E-state index contributed by atoms with van der Waals surface area (Å²) in [5.74, 6) is 0.732. The number of nitrogens with one attached hydrogen (secondary N) is 1. The highest BCUT2D eigenvalue weighted by Crippen LogP contribution is 2.30. The number of amides is 1. The van der Waals surface area contributed by atoms with Gasteiger partial charge >= 0.3 is 0 Å². The Morgan fingerprint density at radius 1 is 1.67 bits per heavy atom. The number of anilines is 1. The summed E-state index contributed by atoms with van der Waals surface area (Å²) in [6, 6.07) is 5.64. The van der Waals surface area contributed by atoms with E-state index in [9.17, 15) is 4.79 Å². The molecule has 1 aliphatic rings. The molecule has 1 aromatic rings. The second kappa shape index (κ2) is 3.90. The van der Waals surface area contributed by atoms with Crippen LogP contribution in [0.25, 0.3) is 0 Å². The third kappa shape index (κ3) is 2.10. The van der Waals surface area contributed by atoms with E-state index >= 15 is 0 Å². The number of rotatable bonds is 2. The fourth-order valence-corrected chi connectivity index (χ4v) is 1.71. The molecule has 80 valence electrons. The zero-order valence-corrected chi connectivity index (χ0v) is 8.62. The molecule has 1 heterocycles. The Bertz CT molecular complexity index is 390. The van der Waals surface area contributed by atoms with Crippen molar-refractivity contribution < 1.29 is 9.53 Å². The first-order valence-corrected chi connectivity index (χ1v) is 4.98. The highest BCUT2D eigenvalue weighted by atomic mass is 16.5. The Labute approximate surface area is 88.4 Å². The minimum absolute atomic E-state index is 0.00396. The van der Waals surface area contributed by atoms with Gasteiger partial charge in [0.05, 0.1) is 6.54 Å². The highest BCUT2D eigenvalue weighted by molar-refractivity contribution is 5.92. The molecule has 0 fully saturated rings. The first kappa shape index (κ1) is 9.98. The lowest BCUT2D eigenvalue weighted by atomic mass is 10.1. The van der Waals surface area contributed by atoms with E-state index in [-0.39, 0.29) is 18.6 Å². The number of fused-ring (bicyclic) bond motifs is 1. The van der Waals surface area contributed by atoms with Crippen molar-refractivity contribution in [3.63, 3.8) is 0 Å². The lowest BCUT2D eigenvalue weighted by Gasteiger charge is -2.05. The largest absolute Gasteiger partial charge is 0.490 e. The Balaban J connectivity index is 2.16. The van der Waals surface area contributed by atoms with E-state index in [0.29, 0.717) is 0 Å². The van der Waals surface area contributed by atoms with Crippen LogP contribution in [0.1, 0.15) is 12.5 Å². The average molecular weight is 206 g/mol. The third-order valence-electron chi connectivity index (χ3n) is 2.37. The molecule has 1 amide bonds. The maximum Gasteiger partial charge on any atom is 0.238 e. The molecule has 0 aromatic heterocycles. The van der Waals surface area contributed by atoms with E-state index in [4.69, 9.17) is 10.5 Å². The van der Waals surface area contributed by atoms with Crippen molar-refractivity contribution in [2.24, 2.45) is 5.73 Å². The number of ether oxygens (including phenoxy) is 1. The van der Waals surface area contributed by atoms with Gasteiger partial charge in [-0.25, -0.2) is 0 Å². The van der Waals surface area contributed by atoms with Gasteiger partial charge in [-0.1, -0.05) is 0 Å². The van der Waals surface area contributed by atoms with Crippen molar-refractivity contribution >= 4 is 11.6 Å². The Morgan fingerprint density at radius 2 is 2.47 bits per heavy atom. The first-order chi connectivity index (χ1) is 7.19. The minimum atomic E-state index is -0.179. The van der Waals surface area contributed by atoms with Crippen LogP contribution in [0.2, 0.25) is 0 Å². The summed E-state index contributed by atoms with van der Waals surface area (Å²) in [4.78, 5) is 11.1. The first-order valence-electron chi connectivity index (χ1n) is 4.98. The molecule has 0 bridgehead atoms. The molecule has 0 spiro atoms. The van der Waals surface area contributed by atoms with Gasteiger partial charge in [-0.2, -0.15) is 0 Å². The minimum Gasteiger partial charge on any atom is -0.490 e. The van der Waals surface area contributed by atoms with Gasteiger partial charge in [0, 0.05) is 12.1 Å². The summed E-state index contributed by atoms with van der Waals surface area (Å²) in [5, 5.41) is 2.72. The lowest BCUT2D eigenvalue weighted by molar-refractivity contribution is -0.114. The van der Waals surface area contributed by atoms with Crippen LogP contribution in [0.4, 0.5) is 5.69 Å². The lowest BCUT2D eigenvalue weighted by Crippen LogP contribution is -2.21. The zero-order chi connectivity index (χ0) is 10.8. The van der Waals surface area contributed by atoms with Gasteiger partial charge in [-0.05, 0) is 30.7 Å². The van der Waals surface area contributed by atoms with E-state index in [1.54, 1.807) is 0 Å². The molecule has 4 nitrogen and oxygen atoms in total. The Morgan fingerprint density at radius 3 is 3.20 bits per heavy atom. The predicted molar refractivity (Wildman–Crippen MR) is 57.9 cm³/mol. The van der Waals surface area contributed by atoms with Gasteiger partial charge in [0.25, 0.3) is 0 Å². The molecule has 1 aromatic carbocycles. The average Bonchev–Trinajstić information content (AvgIpc) is 2.57. The topological polar surface area (TPSA) is 64.4 Å². The van der Waals surface area contributed by atoms with Crippen LogP contribution in [0.5, 0.6) is 5.75 Å². The van der Waals surface area contributed by atoms with Crippen LogP contribution in [0.3, 0.4) is 0 Å². The van der Waals surface area contributed by atoms with Crippen molar-refractivity contribution in [2.45, 2.75) is 19.4 Å². The number of carbonyl (C=O) groups is 1. The van der Waals surface area contributed by atoms with E-state index in [1.165, 1.54) is 0 Å². The molecule has 3 N–H and O–H groups in total. The number of hydrogen-bond donors (Lipinski definition) is 2. The van der Waals surface area contributed by atoms with Crippen LogP contribution < -0.4 is 15.8 Å².